The Morgan fingerprint density at radius 2 is 2.31 bits per heavy atom. The average molecular weight is 279 g/mol. The highest BCUT2D eigenvalue weighted by molar-refractivity contribution is 9.10. The van der Waals surface area contributed by atoms with E-state index in [1.807, 2.05) is 12.1 Å². The van der Waals surface area contributed by atoms with E-state index in [0.717, 1.165) is 14.7 Å². The van der Waals surface area contributed by atoms with Crippen LogP contribution < -0.4 is 11.3 Å². The normalized spacial score (nSPS) is 10.7. The monoisotopic (exact) mass is 277 g/mol. The summed E-state index contributed by atoms with van der Waals surface area (Å²) in [6.45, 7) is 0. The number of hydrogen-bond donors (Lipinski definition) is 2. The summed E-state index contributed by atoms with van der Waals surface area (Å²) in [6.07, 6.45) is 0. The number of nitrogen functional groups attached to an aromatic ring is 1. The highest BCUT2D eigenvalue weighted by atomic mass is 79.9. The topological polar surface area (TPSA) is 50.9 Å². The minimum absolute atomic E-state index is 0.679. The number of rotatable bonds is 1. The number of nitrogens with zero attached hydrogens (tertiary/aromatic N) is 1. The molecular weight excluding hydrogens is 274 g/mol. The molecule has 0 spiro atoms. The Morgan fingerprint density at radius 3 is 3.00 bits per heavy atom. The number of hydrazine groups is 1. The largest absolute Gasteiger partial charge is 0.300 e. The van der Waals surface area contributed by atoms with E-state index in [4.69, 9.17) is 17.4 Å². The lowest BCUT2D eigenvalue weighted by atomic mass is 10.3. The van der Waals surface area contributed by atoms with Crippen LogP contribution in [0.1, 0.15) is 0 Å². The summed E-state index contributed by atoms with van der Waals surface area (Å²) in [7, 11) is 0. The first-order valence-electron chi connectivity index (χ1n) is 3.43. The van der Waals surface area contributed by atoms with Gasteiger partial charge in [-0.2, -0.15) is 0 Å². The van der Waals surface area contributed by atoms with E-state index >= 15 is 0 Å². The van der Waals surface area contributed by atoms with Crippen LogP contribution in [0.25, 0.3) is 10.2 Å². The molecule has 0 atom stereocenters. The van der Waals surface area contributed by atoms with Crippen LogP contribution >= 0.6 is 38.9 Å². The first-order valence-corrected chi connectivity index (χ1v) is 5.41. The van der Waals surface area contributed by atoms with E-state index in [-0.39, 0.29) is 0 Å². The zero-order valence-corrected chi connectivity index (χ0v) is 9.50. The lowest BCUT2D eigenvalue weighted by Crippen LogP contribution is -2.05. The van der Waals surface area contributed by atoms with Crippen LogP contribution in [-0.4, -0.2) is 4.98 Å². The van der Waals surface area contributed by atoms with Gasteiger partial charge < -0.3 is 0 Å². The van der Waals surface area contributed by atoms with Crippen molar-refractivity contribution in [2.45, 2.75) is 0 Å². The fourth-order valence-corrected chi connectivity index (χ4v) is 2.96. The SMILES string of the molecule is NNc1nc2c(Br)cc(Cl)cc2s1. The van der Waals surface area contributed by atoms with Crippen molar-refractivity contribution < 1.29 is 0 Å². The number of anilines is 1. The molecule has 1 aromatic carbocycles. The van der Waals surface area contributed by atoms with Crippen molar-refractivity contribution in [3.8, 4) is 0 Å². The van der Waals surface area contributed by atoms with Crippen molar-refractivity contribution in [1.29, 1.82) is 0 Å². The quantitative estimate of drug-likeness (QED) is 0.623. The molecule has 3 nitrogen and oxygen atoms in total. The Morgan fingerprint density at radius 1 is 1.54 bits per heavy atom. The molecule has 0 radical (unpaired) electrons. The number of halogens is 2. The van der Waals surface area contributed by atoms with Gasteiger partial charge >= 0.3 is 0 Å². The molecule has 0 saturated heterocycles. The van der Waals surface area contributed by atoms with Crippen molar-refractivity contribution in [1.82, 2.24) is 4.98 Å². The number of fused-ring (bicyclic) bond motifs is 1. The van der Waals surface area contributed by atoms with Gasteiger partial charge in [-0.25, -0.2) is 10.8 Å². The van der Waals surface area contributed by atoms with Gasteiger partial charge in [0, 0.05) is 9.50 Å². The van der Waals surface area contributed by atoms with Gasteiger partial charge in [0.15, 0.2) is 5.13 Å². The lowest BCUT2D eigenvalue weighted by Gasteiger charge is -1.92. The van der Waals surface area contributed by atoms with Crippen LogP contribution in [0.5, 0.6) is 0 Å². The van der Waals surface area contributed by atoms with E-state index in [0.29, 0.717) is 10.2 Å². The Kier molecular flexibility index (Phi) is 2.42. The van der Waals surface area contributed by atoms with E-state index in [2.05, 4.69) is 26.3 Å². The summed E-state index contributed by atoms with van der Waals surface area (Å²) in [6, 6.07) is 3.67. The first kappa shape index (κ1) is 9.21. The molecule has 3 N–H and O–H groups in total. The minimum atomic E-state index is 0.679. The molecule has 1 heterocycles. The molecule has 0 aliphatic rings. The molecule has 0 bridgehead atoms. The number of hydrogen-bond acceptors (Lipinski definition) is 4. The zero-order valence-electron chi connectivity index (χ0n) is 6.34. The Hall–Kier alpha value is -0.360. The first-order chi connectivity index (χ1) is 6.20. The van der Waals surface area contributed by atoms with Crippen LogP contribution in [-0.2, 0) is 0 Å². The third kappa shape index (κ3) is 1.65. The summed E-state index contributed by atoms with van der Waals surface area (Å²) in [5.74, 6) is 5.25. The van der Waals surface area contributed by atoms with Crippen LogP contribution in [0.3, 0.4) is 0 Å². The average Bonchev–Trinajstić information content (AvgIpc) is 2.47. The van der Waals surface area contributed by atoms with E-state index in [1.165, 1.54) is 11.3 Å². The van der Waals surface area contributed by atoms with Crippen molar-refractivity contribution in [3.05, 3.63) is 21.6 Å². The van der Waals surface area contributed by atoms with Gasteiger partial charge in [-0.3, -0.25) is 5.43 Å². The zero-order chi connectivity index (χ0) is 9.42. The van der Waals surface area contributed by atoms with Gasteiger partial charge in [0.05, 0.1) is 10.2 Å². The molecule has 0 amide bonds. The molecule has 0 aliphatic heterocycles. The van der Waals surface area contributed by atoms with E-state index in [9.17, 15) is 0 Å². The molecule has 0 fully saturated rings. The molecule has 0 aliphatic carbocycles. The molecule has 13 heavy (non-hydrogen) atoms. The third-order valence-electron chi connectivity index (χ3n) is 1.54. The minimum Gasteiger partial charge on any atom is -0.300 e. The number of nitrogens with two attached hydrogens (primary N) is 1. The van der Waals surface area contributed by atoms with Crippen LogP contribution in [0.15, 0.2) is 16.6 Å². The smallest absolute Gasteiger partial charge is 0.198 e. The standard InChI is InChI=1S/C7H5BrClN3S/c8-4-1-3(9)2-5-6(4)11-7(12-10)13-5/h1-2H,10H2,(H,11,12). The summed E-state index contributed by atoms with van der Waals surface area (Å²) in [4.78, 5) is 4.25. The molecular formula is C7H5BrClN3S. The molecule has 2 aromatic rings. The van der Waals surface area contributed by atoms with Gasteiger partial charge in [-0.05, 0) is 28.1 Å². The summed E-state index contributed by atoms with van der Waals surface area (Å²) >= 11 is 10.7. The number of thiazole rings is 1. The van der Waals surface area contributed by atoms with Crippen molar-refractivity contribution in [2.75, 3.05) is 5.43 Å². The number of aromatic nitrogens is 1. The predicted octanol–water partition coefficient (Wildman–Crippen LogP) is 3.00. The van der Waals surface area contributed by atoms with Crippen molar-refractivity contribution in [3.63, 3.8) is 0 Å². The molecule has 1 aromatic heterocycles. The molecule has 6 heteroatoms. The van der Waals surface area contributed by atoms with Gasteiger partial charge in [-0.15, -0.1) is 0 Å². The van der Waals surface area contributed by atoms with Crippen molar-refractivity contribution >= 4 is 54.2 Å². The molecule has 0 unspecified atom stereocenters. The van der Waals surface area contributed by atoms with Gasteiger partial charge in [0.25, 0.3) is 0 Å². The maximum absolute atomic E-state index is 5.87. The van der Waals surface area contributed by atoms with E-state index < -0.39 is 0 Å². The number of nitrogens with one attached hydrogen (secondary N) is 1. The van der Waals surface area contributed by atoms with Crippen LogP contribution in [0.4, 0.5) is 5.13 Å². The summed E-state index contributed by atoms with van der Waals surface area (Å²) in [5, 5.41) is 1.37. The Balaban J connectivity index is 2.75. The molecule has 2 rings (SSSR count). The van der Waals surface area contributed by atoms with Crippen molar-refractivity contribution in [2.24, 2.45) is 5.84 Å². The van der Waals surface area contributed by atoms with Crippen LogP contribution in [0.2, 0.25) is 5.02 Å². The maximum Gasteiger partial charge on any atom is 0.198 e. The number of benzene rings is 1. The Labute approximate surface area is 92.0 Å². The third-order valence-corrected chi connectivity index (χ3v) is 3.29. The molecule has 0 saturated carbocycles. The second-order valence-electron chi connectivity index (χ2n) is 2.40. The highest BCUT2D eigenvalue weighted by Gasteiger charge is 2.06. The second kappa shape index (κ2) is 3.42. The second-order valence-corrected chi connectivity index (χ2v) is 4.72. The van der Waals surface area contributed by atoms with Gasteiger partial charge in [-0.1, -0.05) is 22.9 Å². The van der Waals surface area contributed by atoms with Crippen LogP contribution in [0, 0.1) is 0 Å². The predicted molar refractivity (Wildman–Crippen MR) is 60.1 cm³/mol. The fourth-order valence-electron chi connectivity index (χ4n) is 1.02. The Bertz CT molecular complexity index is 456. The lowest BCUT2D eigenvalue weighted by molar-refractivity contribution is 1.31. The summed E-state index contributed by atoms with van der Waals surface area (Å²) in [5.41, 5.74) is 3.38. The van der Waals surface area contributed by atoms with E-state index in [1.54, 1.807) is 0 Å². The van der Waals surface area contributed by atoms with Gasteiger partial charge in [0.1, 0.15) is 0 Å². The molecule has 68 valence electrons. The highest BCUT2D eigenvalue weighted by Crippen LogP contribution is 2.33. The maximum atomic E-state index is 5.87. The van der Waals surface area contributed by atoms with Gasteiger partial charge in [0.2, 0.25) is 0 Å². The fraction of sp³-hybridized carbons (Fsp3) is 0. The summed E-state index contributed by atoms with van der Waals surface area (Å²) < 4.78 is 1.89.